The van der Waals surface area contributed by atoms with Gasteiger partial charge in [0.25, 0.3) is 0 Å². The lowest BCUT2D eigenvalue weighted by molar-refractivity contribution is -0.111. The molecule has 23 heavy (non-hydrogen) atoms. The molecule has 122 valence electrons. The first kappa shape index (κ1) is 17.9. The summed E-state index contributed by atoms with van der Waals surface area (Å²) in [6.45, 7) is 0. The van der Waals surface area contributed by atoms with E-state index in [0.29, 0.717) is 5.69 Å². The van der Waals surface area contributed by atoms with E-state index in [4.69, 9.17) is 0 Å². The molecule has 0 aliphatic rings. The first-order valence-corrected chi connectivity index (χ1v) is 9.61. The molecule has 5 nitrogen and oxygen atoms in total. The molecular formula is C15H15BrN2O3S2. The third-order valence-electron chi connectivity index (χ3n) is 2.89. The van der Waals surface area contributed by atoms with Gasteiger partial charge in [0.1, 0.15) is 0 Å². The molecule has 1 aromatic carbocycles. The van der Waals surface area contributed by atoms with Crippen LogP contribution in [-0.2, 0) is 14.8 Å². The SMILES string of the molecule is CN(C)S(=O)(=O)c1ccc(NC(=O)/C=C/c2ccc(Br)s2)cc1. The van der Waals surface area contributed by atoms with E-state index in [0.717, 1.165) is 13.0 Å². The number of carbonyl (C=O) groups excluding carboxylic acids is 1. The van der Waals surface area contributed by atoms with Crippen molar-refractivity contribution in [2.45, 2.75) is 4.90 Å². The Morgan fingerprint density at radius 1 is 1.17 bits per heavy atom. The van der Waals surface area contributed by atoms with Gasteiger partial charge in [-0.2, -0.15) is 0 Å². The van der Waals surface area contributed by atoms with Crippen molar-refractivity contribution >= 4 is 55.0 Å². The van der Waals surface area contributed by atoms with Crippen molar-refractivity contribution in [1.29, 1.82) is 0 Å². The highest BCUT2D eigenvalue weighted by Crippen LogP contribution is 2.23. The summed E-state index contributed by atoms with van der Waals surface area (Å²) in [5.74, 6) is -0.280. The van der Waals surface area contributed by atoms with E-state index in [1.807, 2.05) is 12.1 Å². The van der Waals surface area contributed by atoms with E-state index >= 15 is 0 Å². The summed E-state index contributed by atoms with van der Waals surface area (Å²) in [7, 11) is -0.521. The standard InChI is InChI=1S/C15H15BrN2O3S2/c1-18(2)23(20,21)13-7-3-11(4-8-13)17-15(19)10-6-12-5-9-14(16)22-12/h3-10H,1-2H3,(H,17,19)/b10-6+. The number of hydrogen-bond acceptors (Lipinski definition) is 4. The number of carbonyl (C=O) groups is 1. The Morgan fingerprint density at radius 3 is 2.35 bits per heavy atom. The fraction of sp³-hybridized carbons (Fsp3) is 0.133. The molecule has 1 aromatic heterocycles. The summed E-state index contributed by atoms with van der Waals surface area (Å²) in [4.78, 5) is 13.0. The molecule has 1 amide bonds. The molecular weight excluding hydrogens is 400 g/mol. The predicted molar refractivity (Wildman–Crippen MR) is 97.0 cm³/mol. The molecule has 0 fully saturated rings. The smallest absolute Gasteiger partial charge is 0.248 e. The number of anilines is 1. The van der Waals surface area contributed by atoms with Crippen molar-refractivity contribution in [2.24, 2.45) is 0 Å². The topological polar surface area (TPSA) is 66.5 Å². The molecule has 0 saturated carbocycles. The molecule has 0 bridgehead atoms. The number of sulfonamides is 1. The van der Waals surface area contributed by atoms with Crippen LogP contribution in [0.2, 0.25) is 0 Å². The van der Waals surface area contributed by atoms with Gasteiger partial charge >= 0.3 is 0 Å². The Kier molecular flexibility index (Phi) is 5.74. The van der Waals surface area contributed by atoms with Crippen LogP contribution in [0.1, 0.15) is 4.88 Å². The van der Waals surface area contributed by atoms with E-state index < -0.39 is 10.0 Å². The molecule has 0 unspecified atom stereocenters. The van der Waals surface area contributed by atoms with Crippen LogP contribution < -0.4 is 5.32 Å². The van der Waals surface area contributed by atoms with Gasteiger partial charge in [-0.05, 0) is 58.4 Å². The van der Waals surface area contributed by atoms with Crippen molar-refractivity contribution in [1.82, 2.24) is 4.31 Å². The molecule has 1 heterocycles. The first-order chi connectivity index (χ1) is 10.8. The van der Waals surface area contributed by atoms with E-state index in [9.17, 15) is 13.2 Å². The number of nitrogens with one attached hydrogen (secondary N) is 1. The lowest BCUT2D eigenvalue weighted by Crippen LogP contribution is -2.22. The number of rotatable bonds is 5. The molecule has 0 saturated heterocycles. The molecule has 1 N–H and O–H groups in total. The first-order valence-electron chi connectivity index (χ1n) is 6.56. The summed E-state index contributed by atoms with van der Waals surface area (Å²) >= 11 is 4.88. The second-order valence-corrected chi connectivity index (χ2v) is 9.42. The van der Waals surface area contributed by atoms with Crippen molar-refractivity contribution in [3.8, 4) is 0 Å². The number of nitrogens with zero attached hydrogens (tertiary/aromatic N) is 1. The fourth-order valence-corrected chi connectivity index (χ4v) is 3.91. The van der Waals surface area contributed by atoms with Gasteiger partial charge in [0.15, 0.2) is 0 Å². The lowest BCUT2D eigenvalue weighted by atomic mass is 10.3. The normalized spacial score (nSPS) is 12.0. The Hall–Kier alpha value is -1.48. The number of amides is 1. The van der Waals surface area contributed by atoms with Crippen LogP contribution in [0, 0.1) is 0 Å². The van der Waals surface area contributed by atoms with Crippen LogP contribution >= 0.6 is 27.3 Å². The lowest BCUT2D eigenvalue weighted by Gasteiger charge is -2.11. The quantitative estimate of drug-likeness (QED) is 0.762. The molecule has 0 aliphatic heterocycles. The number of benzene rings is 1. The second-order valence-electron chi connectivity index (χ2n) is 4.78. The van der Waals surface area contributed by atoms with Gasteiger partial charge in [-0.25, -0.2) is 12.7 Å². The second kappa shape index (κ2) is 7.39. The molecule has 2 rings (SSSR count). The summed E-state index contributed by atoms with van der Waals surface area (Å²) < 4.78 is 26.0. The molecule has 0 atom stereocenters. The zero-order valence-electron chi connectivity index (χ0n) is 12.5. The minimum Gasteiger partial charge on any atom is -0.323 e. The third kappa shape index (κ3) is 4.74. The number of thiophene rings is 1. The van der Waals surface area contributed by atoms with Crippen LogP contribution in [0.15, 0.2) is 51.2 Å². The van der Waals surface area contributed by atoms with Crippen molar-refractivity contribution in [3.05, 3.63) is 51.1 Å². The van der Waals surface area contributed by atoms with Gasteiger partial charge in [-0.1, -0.05) is 0 Å². The Balaban J connectivity index is 2.03. The Bertz CT molecular complexity index is 825. The predicted octanol–water partition coefficient (Wildman–Crippen LogP) is 3.41. The molecule has 0 radical (unpaired) electrons. The highest BCUT2D eigenvalue weighted by Gasteiger charge is 2.16. The Morgan fingerprint density at radius 2 is 1.83 bits per heavy atom. The minimum atomic E-state index is -3.46. The molecule has 0 spiro atoms. The fourth-order valence-electron chi connectivity index (χ4n) is 1.68. The van der Waals surface area contributed by atoms with Gasteiger partial charge < -0.3 is 5.32 Å². The maximum Gasteiger partial charge on any atom is 0.248 e. The Labute approximate surface area is 147 Å². The molecule has 2 aromatic rings. The van der Waals surface area contributed by atoms with Crippen molar-refractivity contribution < 1.29 is 13.2 Å². The van der Waals surface area contributed by atoms with Crippen LogP contribution in [-0.4, -0.2) is 32.7 Å². The monoisotopic (exact) mass is 414 g/mol. The average molecular weight is 415 g/mol. The van der Waals surface area contributed by atoms with Crippen LogP contribution in [0.25, 0.3) is 6.08 Å². The summed E-state index contributed by atoms with van der Waals surface area (Å²) in [6, 6.07) is 9.86. The number of halogens is 1. The van der Waals surface area contributed by atoms with E-state index in [1.54, 1.807) is 18.2 Å². The van der Waals surface area contributed by atoms with Gasteiger partial charge in [-0.3, -0.25) is 4.79 Å². The van der Waals surface area contributed by atoms with Crippen LogP contribution in [0.5, 0.6) is 0 Å². The third-order valence-corrected chi connectivity index (χ3v) is 6.31. The molecule has 0 aliphatic carbocycles. The van der Waals surface area contributed by atoms with Crippen LogP contribution in [0.3, 0.4) is 0 Å². The summed E-state index contributed by atoms with van der Waals surface area (Å²) in [6.07, 6.45) is 3.15. The van der Waals surface area contributed by atoms with E-state index in [2.05, 4.69) is 21.2 Å². The average Bonchev–Trinajstić information content (AvgIpc) is 2.91. The van der Waals surface area contributed by atoms with Crippen molar-refractivity contribution in [2.75, 3.05) is 19.4 Å². The van der Waals surface area contributed by atoms with E-state index in [1.165, 1.54) is 43.6 Å². The maximum atomic E-state index is 12.0. The number of hydrogen-bond donors (Lipinski definition) is 1. The van der Waals surface area contributed by atoms with Crippen molar-refractivity contribution in [3.63, 3.8) is 0 Å². The van der Waals surface area contributed by atoms with Gasteiger partial charge in [0, 0.05) is 30.7 Å². The zero-order valence-corrected chi connectivity index (χ0v) is 15.7. The highest BCUT2D eigenvalue weighted by atomic mass is 79.9. The van der Waals surface area contributed by atoms with Crippen LogP contribution in [0.4, 0.5) is 5.69 Å². The van der Waals surface area contributed by atoms with E-state index in [-0.39, 0.29) is 10.8 Å². The molecule has 8 heteroatoms. The minimum absolute atomic E-state index is 0.180. The maximum absolute atomic E-state index is 12.0. The largest absolute Gasteiger partial charge is 0.323 e. The van der Waals surface area contributed by atoms with Gasteiger partial charge in [0.05, 0.1) is 8.68 Å². The van der Waals surface area contributed by atoms with Gasteiger partial charge in [-0.15, -0.1) is 11.3 Å². The summed E-state index contributed by atoms with van der Waals surface area (Å²) in [5, 5.41) is 2.69. The summed E-state index contributed by atoms with van der Waals surface area (Å²) in [5.41, 5.74) is 0.532. The zero-order chi connectivity index (χ0) is 17.0. The highest BCUT2D eigenvalue weighted by molar-refractivity contribution is 9.11. The van der Waals surface area contributed by atoms with Gasteiger partial charge in [0.2, 0.25) is 15.9 Å².